The Morgan fingerprint density at radius 2 is 1.83 bits per heavy atom. The summed E-state index contributed by atoms with van der Waals surface area (Å²) in [5, 5.41) is 2.82. The molecule has 1 rings (SSSR count). The molecule has 0 saturated carbocycles. The summed E-state index contributed by atoms with van der Waals surface area (Å²) >= 11 is 0. The number of rotatable bonds is 5. The molecule has 18 heavy (non-hydrogen) atoms. The van der Waals surface area contributed by atoms with Crippen LogP contribution in [-0.2, 0) is 4.79 Å². The van der Waals surface area contributed by atoms with Crippen LogP contribution in [0.4, 0.5) is 0 Å². The van der Waals surface area contributed by atoms with Crippen molar-refractivity contribution in [2.24, 2.45) is 5.73 Å². The van der Waals surface area contributed by atoms with Crippen LogP contribution in [0.3, 0.4) is 0 Å². The standard InChI is InChI=1S/C13H20N2O3/c1-8(14)13(16)15-9(2)10-5-6-11(17-3)12(7-10)18-4/h5-9H,14H2,1-4H3,(H,15,16)/t8-,9?/m0/s1. The van der Waals surface area contributed by atoms with E-state index in [1.165, 1.54) is 0 Å². The third-order valence-electron chi connectivity index (χ3n) is 2.68. The van der Waals surface area contributed by atoms with Gasteiger partial charge in [0.25, 0.3) is 0 Å². The number of nitrogens with two attached hydrogens (primary N) is 1. The van der Waals surface area contributed by atoms with Gasteiger partial charge in [-0.05, 0) is 31.5 Å². The number of amides is 1. The van der Waals surface area contributed by atoms with Crippen molar-refractivity contribution in [3.8, 4) is 11.5 Å². The van der Waals surface area contributed by atoms with Crippen LogP contribution in [0, 0.1) is 0 Å². The summed E-state index contributed by atoms with van der Waals surface area (Å²) in [5.74, 6) is 1.11. The van der Waals surface area contributed by atoms with E-state index in [-0.39, 0.29) is 11.9 Å². The molecule has 5 heteroatoms. The van der Waals surface area contributed by atoms with Gasteiger partial charge < -0.3 is 20.5 Å². The molecule has 0 saturated heterocycles. The molecular weight excluding hydrogens is 232 g/mol. The lowest BCUT2D eigenvalue weighted by Crippen LogP contribution is -2.39. The molecule has 0 aliphatic heterocycles. The zero-order chi connectivity index (χ0) is 13.7. The first-order chi connectivity index (χ1) is 8.49. The zero-order valence-electron chi connectivity index (χ0n) is 11.2. The van der Waals surface area contributed by atoms with Crippen molar-refractivity contribution in [2.75, 3.05) is 14.2 Å². The van der Waals surface area contributed by atoms with Gasteiger partial charge in [-0.15, -0.1) is 0 Å². The third-order valence-corrected chi connectivity index (χ3v) is 2.68. The predicted molar refractivity (Wildman–Crippen MR) is 69.8 cm³/mol. The molecule has 0 radical (unpaired) electrons. The first-order valence-electron chi connectivity index (χ1n) is 5.77. The minimum atomic E-state index is -0.521. The molecule has 1 aromatic carbocycles. The quantitative estimate of drug-likeness (QED) is 0.826. The van der Waals surface area contributed by atoms with Crippen molar-refractivity contribution in [3.05, 3.63) is 23.8 Å². The van der Waals surface area contributed by atoms with E-state index < -0.39 is 6.04 Å². The van der Waals surface area contributed by atoms with Crippen LogP contribution >= 0.6 is 0 Å². The Bertz CT molecular complexity index is 419. The highest BCUT2D eigenvalue weighted by Crippen LogP contribution is 2.29. The Morgan fingerprint density at radius 3 is 2.33 bits per heavy atom. The number of hydrogen-bond acceptors (Lipinski definition) is 4. The number of hydrogen-bond donors (Lipinski definition) is 2. The summed E-state index contributed by atoms with van der Waals surface area (Å²) < 4.78 is 10.4. The van der Waals surface area contributed by atoms with E-state index in [2.05, 4.69) is 5.32 Å². The number of carbonyl (C=O) groups is 1. The lowest BCUT2D eigenvalue weighted by atomic mass is 10.1. The Morgan fingerprint density at radius 1 is 1.22 bits per heavy atom. The van der Waals surface area contributed by atoms with E-state index in [4.69, 9.17) is 15.2 Å². The summed E-state index contributed by atoms with van der Waals surface area (Å²) in [6, 6.07) is 4.87. The molecule has 2 atom stereocenters. The van der Waals surface area contributed by atoms with Crippen LogP contribution in [0.15, 0.2) is 18.2 Å². The fraction of sp³-hybridized carbons (Fsp3) is 0.462. The molecule has 100 valence electrons. The number of carbonyl (C=O) groups excluding carboxylic acids is 1. The Balaban J connectivity index is 2.86. The smallest absolute Gasteiger partial charge is 0.237 e. The van der Waals surface area contributed by atoms with E-state index in [0.29, 0.717) is 11.5 Å². The molecule has 0 aliphatic carbocycles. The fourth-order valence-electron chi connectivity index (χ4n) is 1.55. The Kier molecular flexibility index (Phi) is 4.97. The van der Waals surface area contributed by atoms with Gasteiger partial charge in [-0.25, -0.2) is 0 Å². The van der Waals surface area contributed by atoms with Crippen molar-refractivity contribution in [3.63, 3.8) is 0 Å². The van der Waals surface area contributed by atoms with Crippen LogP contribution in [-0.4, -0.2) is 26.2 Å². The van der Waals surface area contributed by atoms with Crippen LogP contribution in [0.25, 0.3) is 0 Å². The van der Waals surface area contributed by atoms with Gasteiger partial charge in [-0.3, -0.25) is 4.79 Å². The molecule has 0 fully saturated rings. The summed E-state index contributed by atoms with van der Waals surface area (Å²) in [6.07, 6.45) is 0. The molecule has 1 aromatic rings. The van der Waals surface area contributed by atoms with Gasteiger partial charge in [0.15, 0.2) is 11.5 Å². The number of methoxy groups -OCH3 is 2. The summed E-state index contributed by atoms with van der Waals surface area (Å²) in [4.78, 5) is 11.5. The molecular formula is C13H20N2O3. The van der Waals surface area contributed by atoms with Crippen LogP contribution in [0.1, 0.15) is 25.5 Å². The SMILES string of the molecule is COc1ccc(C(C)NC(=O)[C@H](C)N)cc1OC. The fourth-order valence-corrected chi connectivity index (χ4v) is 1.55. The van der Waals surface area contributed by atoms with Crippen molar-refractivity contribution in [1.29, 1.82) is 0 Å². The number of ether oxygens (including phenoxy) is 2. The number of nitrogens with one attached hydrogen (secondary N) is 1. The topological polar surface area (TPSA) is 73.6 Å². The van der Waals surface area contributed by atoms with Crippen molar-refractivity contribution in [2.45, 2.75) is 25.9 Å². The van der Waals surface area contributed by atoms with E-state index in [0.717, 1.165) is 5.56 Å². The van der Waals surface area contributed by atoms with E-state index in [1.54, 1.807) is 21.1 Å². The average Bonchev–Trinajstić information content (AvgIpc) is 2.37. The normalized spacial score (nSPS) is 13.6. The van der Waals surface area contributed by atoms with Gasteiger partial charge in [-0.1, -0.05) is 6.07 Å². The molecule has 0 spiro atoms. The maximum atomic E-state index is 11.5. The monoisotopic (exact) mass is 252 g/mol. The molecule has 0 heterocycles. The van der Waals surface area contributed by atoms with E-state index in [1.807, 2.05) is 25.1 Å². The predicted octanol–water partition coefficient (Wildman–Crippen LogP) is 1.23. The minimum absolute atomic E-state index is 0.136. The van der Waals surface area contributed by atoms with Gasteiger partial charge in [0.1, 0.15) is 0 Å². The first kappa shape index (κ1) is 14.3. The van der Waals surface area contributed by atoms with E-state index in [9.17, 15) is 4.79 Å². The molecule has 1 amide bonds. The van der Waals surface area contributed by atoms with Crippen molar-refractivity contribution in [1.82, 2.24) is 5.32 Å². The lowest BCUT2D eigenvalue weighted by molar-refractivity contribution is -0.122. The van der Waals surface area contributed by atoms with Crippen LogP contribution in [0.5, 0.6) is 11.5 Å². The van der Waals surface area contributed by atoms with Crippen molar-refractivity contribution >= 4 is 5.91 Å². The third kappa shape index (κ3) is 3.37. The number of benzene rings is 1. The summed E-state index contributed by atoms with van der Waals surface area (Å²) in [5.41, 5.74) is 6.44. The van der Waals surface area contributed by atoms with Crippen LogP contribution < -0.4 is 20.5 Å². The Labute approximate surface area is 107 Å². The Hall–Kier alpha value is -1.75. The maximum Gasteiger partial charge on any atom is 0.237 e. The van der Waals surface area contributed by atoms with Gasteiger partial charge in [-0.2, -0.15) is 0 Å². The largest absolute Gasteiger partial charge is 0.493 e. The van der Waals surface area contributed by atoms with Crippen molar-refractivity contribution < 1.29 is 14.3 Å². The molecule has 0 bridgehead atoms. The molecule has 0 aromatic heterocycles. The second-order valence-corrected chi connectivity index (χ2v) is 4.13. The van der Waals surface area contributed by atoms with Gasteiger partial charge in [0.2, 0.25) is 5.91 Å². The minimum Gasteiger partial charge on any atom is -0.493 e. The highest BCUT2D eigenvalue weighted by atomic mass is 16.5. The highest BCUT2D eigenvalue weighted by Gasteiger charge is 2.14. The summed E-state index contributed by atoms with van der Waals surface area (Å²) in [6.45, 7) is 3.54. The summed E-state index contributed by atoms with van der Waals surface area (Å²) in [7, 11) is 3.16. The molecule has 0 aliphatic rings. The second-order valence-electron chi connectivity index (χ2n) is 4.13. The van der Waals surface area contributed by atoms with Gasteiger partial charge >= 0.3 is 0 Å². The molecule has 3 N–H and O–H groups in total. The first-order valence-corrected chi connectivity index (χ1v) is 5.77. The maximum absolute atomic E-state index is 11.5. The second kappa shape index (κ2) is 6.26. The molecule has 1 unspecified atom stereocenters. The highest BCUT2D eigenvalue weighted by molar-refractivity contribution is 5.81. The lowest BCUT2D eigenvalue weighted by Gasteiger charge is -2.17. The van der Waals surface area contributed by atoms with Gasteiger partial charge in [0.05, 0.1) is 26.3 Å². The van der Waals surface area contributed by atoms with E-state index >= 15 is 0 Å². The van der Waals surface area contributed by atoms with Crippen LogP contribution in [0.2, 0.25) is 0 Å². The zero-order valence-corrected chi connectivity index (χ0v) is 11.2. The average molecular weight is 252 g/mol. The molecule has 5 nitrogen and oxygen atoms in total. The van der Waals surface area contributed by atoms with Gasteiger partial charge in [0, 0.05) is 0 Å².